The Bertz CT molecular complexity index is 905. The van der Waals surface area contributed by atoms with Gasteiger partial charge in [0.2, 0.25) is 0 Å². The number of ether oxygens (including phenoxy) is 3. The van der Waals surface area contributed by atoms with Crippen molar-refractivity contribution in [2.75, 3.05) is 20.3 Å². The van der Waals surface area contributed by atoms with Crippen molar-refractivity contribution >= 4 is 0 Å². The summed E-state index contributed by atoms with van der Waals surface area (Å²) in [6.07, 6.45) is 18.9. The lowest BCUT2D eigenvalue weighted by molar-refractivity contribution is -0.174. The van der Waals surface area contributed by atoms with E-state index in [9.17, 15) is 5.26 Å². The summed E-state index contributed by atoms with van der Waals surface area (Å²) >= 11 is 0. The highest BCUT2D eigenvalue weighted by atomic mass is 16.7. The highest BCUT2D eigenvalue weighted by Gasteiger charge is 2.45. The van der Waals surface area contributed by atoms with Crippen LogP contribution in [0.2, 0.25) is 0 Å². The van der Waals surface area contributed by atoms with Gasteiger partial charge in [-0.05, 0) is 30.6 Å². The smallest absolute Gasteiger partial charge is 0.198 e. The summed E-state index contributed by atoms with van der Waals surface area (Å²) in [6, 6.07) is 4.46. The molecule has 28 heavy (non-hydrogen) atoms. The molecule has 4 rings (SSSR count). The highest BCUT2D eigenvalue weighted by molar-refractivity contribution is 5.54. The summed E-state index contributed by atoms with van der Waals surface area (Å²) in [6.45, 7) is 1.06. The van der Waals surface area contributed by atoms with Gasteiger partial charge in [0.25, 0.3) is 0 Å². The second kappa shape index (κ2) is 7.67. The lowest BCUT2D eigenvalue weighted by atomic mass is 9.69. The van der Waals surface area contributed by atoms with Gasteiger partial charge in [-0.2, -0.15) is 5.26 Å². The number of furan rings is 1. The topological polar surface area (TPSA) is 64.6 Å². The second-order valence-corrected chi connectivity index (χ2v) is 7.06. The largest absolute Gasteiger partial charge is 0.496 e. The van der Waals surface area contributed by atoms with E-state index in [4.69, 9.17) is 18.6 Å². The zero-order chi connectivity index (χ0) is 19.5. The van der Waals surface area contributed by atoms with E-state index >= 15 is 0 Å². The van der Waals surface area contributed by atoms with Gasteiger partial charge in [-0.1, -0.05) is 36.5 Å². The van der Waals surface area contributed by atoms with Gasteiger partial charge in [0.15, 0.2) is 5.79 Å². The van der Waals surface area contributed by atoms with Crippen LogP contribution in [0.4, 0.5) is 0 Å². The first-order chi connectivity index (χ1) is 13.7. The van der Waals surface area contributed by atoms with Gasteiger partial charge in [0.05, 0.1) is 44.3 Å². The molecule has 2 aliphatic carbocycles. The van der Waals surface area contributed by atoms with Crippen molar-refractivity contribution in [2.24, 2.45) is 5.41 Å². The van der Waals surface area contributed by atoms with E-state index in [1.807, 2.05) is 48.6 Å². The van der Waals surface area contributed by atoms with Crippen LogP contribution in [-0.2, 0) is 20.0 Å². The molecule has 0 spiro atoms. The molecule has 1 aromatic heterocycles. The molecule has 0 saturated carbocycles. The second-order valence-electron chi connectivity index (χ2n) is 7.06. The van der Waals surface area contributed by atoms with Crippen LogP contribution in [0.1, 0.15) is 24.8 Å². The van der Waals surface area contributed by atoms with Crippen molar-refractivity contribution in [3.8, 4) is 6.07 Å². The maximum absolute atomic E-state index is 10.3. The summed E-state index contributed by atoms with van der Waals surface area (Å²) in [5.74, 6) is -0.0563. The van der Waals surface area contributed by atoms with Crippen LogP contribution in [0.3, 0.4) is 0 Å². The fourth-order valence-electron chi connectivity index (χ4n) is 4.09. The summed E-state index contributed by atoms with van der Waals surface area (Å²) < 4.78 is 22.8. The van der Waals surface area contributed by atoms with Crippen LogP contribution in [-0.4, -0.2) is 20.3 Å². The Kier molecular flexibility index (Phi) is 5.08. The summed E-state index contributed by atoms with van der Waals surface area (Å²) in [5, 5.41) is 10.3. The molecule has 5 nitrogen and oxygen atoms in total. The Morgan fingerprint density at radius 3 is 2.57 bits per heavy atom. The SMILES string of the molecule is COC1=CCC(C#N)(CCC2(c3ccoc3)OCCO2)C2=C1\C=C/C=C\C=C/2. The maximum atomic E-state index is 10.3. The van der Waals surface area contributed by atoms with E-state index in [1.165, 1.54) is 0 Å². The summed E-state index contributed by atoms with van der Waals surface area (Å²) in [7, 11) is 1.66. The highest BCUT2D eigenvalue weighted by Crippen LogP contribution is 2.48. The van der Waals surface area contributed by atoms with Crippen LogP contribution in [0.5, 0.6) is 0 Å². The first kappa shape index (κ1) is 18.5. The minimum absolute atomic E-state index is 0.528. The zero-order valence-corrected chi connectivity index (χ0v) is 15.9. The molecular formula is C23H23NO4. The third-order valence-electron chi connectivity index (χ3n) is 5.60. The van der Waals surface area contributed by atoms with Crippen molar-refractivity contribution in [1.82, 2.24) is 0 Å². The molecule has 0 radical (unpaired) electrons. The Morgan fingerprint density at radius 2 is 1.89 bits per heavy atom. The molecule has 0 N–H and O–H groups in total. The number of hydrogen-bond acceptors (Lipinski definition) is 5. The number of methoxy groups -OCH3 is 1. The van der Waals surface area contributed by atoms with Crippen LogP contribution in [0.25, 0.3) is 0 Å². The maximum Gasteiger partial charge on any atom is 0.198 e. The van der Waals surface area contributed by atoms with Gasteiger partial charge in [-0.15, -0.1) is 0 Å². The molecule has 1 unspecified atom stereocenters. The molecule has 144 valence electrons. The first-order valence-electron chi connectivity index (χ1n) is 9.46. The Balaban J connectivity index is 1.69. The average Bonchev–Trinajstić information content (AvgIpc) is 3.39. The minimum Gasteiger partial charge on any atom is -0.496 e. The molecule has 3 aliphatic rings. The van der Waals surface area contributed by atoms with Gasteiger partial charge < -0.3 is 18.6 Å². The van der Waals surface area contributed by atoms with Crippen molar-refractivity contribution in [2.45, 2.75) is 25.0 Å². The van der Waals surface area contributed by atoms with Gasteiger partial charge in [0, 0.05) is 17.6 Å². The van der Waals surface area contributed by atoms with E-state index in [2.05, 4.69) is 6.07 Å². The molecule has 1 fully saturated rings. The van der Waals surface area contributed by atoms with Crippen molar-refractivity contribution in [1.29, 1.82) is 5.26 Å². The molecule has 1 saturated heterocycles. The van der Waals surface area contributed by atoms with E-state index < -0.39 is 11.2 Å². The number of rotatable bonds is 5. The van der Waals surface area contributed by atoms with Crippen molar-refractivity contribution in [3.05, 3.63) is 83.6 Å². The van der Waals surface area contributed by atoms with Gasteiger partial charge >= 0.3 is 0 Å². The van der Waals surface area contributed by atoms with E-state index in [1.54, 1.807) is 19.6 Å². The zero-order valence-electron chi connectivity index (χ0n) is 15.9. The predicted molar refractivity (Wildman–Crippen MR) is 104 cm³/mol. The Labute approximate surface area is 164 Å². The van der Waals surface area contributed by atoms with Gasteiger partial charge in [-0.3, -0.25) is 0 Å². The predicted octanol–water partition coefficient (Wildman–Crippen LogP) is 4.68. The monoisotopic (exact) mass is 377 g/mol. The molecule has 1 aromatic rings. The third kappa shape index (κ3) is 3.15. The standard InChI is InChI=1S/C23H23NO4/c1-25-21-8-10-22(17-24,20-7-5-3-2-4-6-19(20)21)11-12-23(27-14-15-28-23)18-9-13-26-16-18/h2-9,13,16H,10-12,14-15H2,1H3/b3-2-,4-2?,5-3?,6-4-,7-5-,19-6?,20-7?. The summed E-state index contributed by atoms with van der Waals surface area (Å²) in [4.78, 5) is 0. The van der Waals surface area contributed by atoms with Crippen LogP contribution in [0.15, 0.2) is 82.4 Å². The van der Waals surface area contributed by atoms with Crippen LogP contribution < -0.4 is 0 Å². The lowest BCUT2D eigenvalue weighted by Gasteiger charge is -2.36. The molecule has 0 amide bonds. The fourth-order valence-corrected chi connectivity index (χ4v) is 4.09. The van der Waals surface area contributed by atoms with E-state index in [0.717, 1.165) is 22.5 Å². The Hall–Kier alpha value is -2.81. The van der Waals surface area contributed by atoms with Crippen LogP contribution in [0, 0.1) is 16.7 Å². The minimum atomic E-state index is -0.857. The number of nitriles is 1. The molecule has 1 aliphatic heterocycles. The number of allylic oxidation sites excluding steroid dienone is 8. The van der Waals surface area contributed by atoms with Crippen molar-refractivity contribution < 1.29 is 18.6 Å². The molecule has 2 heterocycles. The van der Waals surface area contributed by atoms with Crippen LogP contribution >= 0.6 is 0 Å². The number of nitrogens with zero attached hydrogens (tertiary/aromatic N) is 1. The average molecular weight is 377 g/mol. The molecule has 0 aromatic carbocycles. The molecule has 0 bridgehead atoms. The number of hydrogen-bond donors (Lipinski definition) is 0. The Morgan fingerprint density at radius 1 is 1.11 bits per heavy atom. The van der Waals surface area contributed by atoms with E-state index in [0.29, 0.717) is 32.5 Å². The molecular weight excluding hydrogens is 354 g/mol. The van der Waals surface area contributed by atoms with Crippen molar-refractivity contribution in [3.63, 3.8) is 0 Å². The van der Waals surface area contributed by atoms with E-state index in [-0.39, 0.29) is 0 Å². The quantitative estimate of drug-likeness (QED) is 0.745. The van der Waals surface area contributed by atoms with Gasteiger partial charge in [-0.25, -0.2) is 0 Å². The fraction of sp³-hybridized carbons (Fsp3) is 0.348. The molecule has 5 heteroatoms. The third-order valence-corrected chi connectivity index (χ3v) is 5.60. The van der Waals surface area contributed by atoms with Gasteiger partial charge in [0.1, 0.15) is 5.76 Å². The summed E-state index contributed by atoms with van der Waals surface area (Å²) in [5.41, 5.74) is 2.08. The first-order valence-corrected chi connectivity index (χ1v) is 9.46. The normalized spacial score (nSPS) is 29.1. The lowest BCUT2D eigenvalue weighted by Crippen LogP contribution is -2.32. The molecule has 1 atom stereocenters.